The number of carbonyl (C=O) groups is 2. The van der Waals surface area contributed by atoms with Crippen molar-refractivity contribution in [2.75, 3.05) is 25.5 Å². The van der Waals surface area contributed by atoms with Crippen molar-refractivity contribution in [1.82, 2.24) is 9.88 Å². The summed E-state index contributed by atoms with van der Waals surface area (Å²) in [7, 11) is 1.50. The van der Waals surface area contributed by atoms with Crippen LogP contribution < -0.4 is 10.1 Å². The number of aromatic nitrogens is 1. The highest BCUT2D eigenvalue weighted by Gasteiger charge is 2.19. The van der Waals surface area contributed by atoms with Gasteiger partial charge in [0.2, 0.25) is 5.91 Å². The number of amides is 1. The van der Waals surface area contributed by atoms with Gasteiger partial charge in [0.1, 0.15) is 5.75 Å². The van der Waals surface area contributed by atoms with Crippen LogP contribution in [0.3, 0.4) is 0 Å². The van der Waals surface area contributed by atoms with Crippen molar-refractivity contribution in [3.8, 4) is 5.75 Å². The molecule has 1 N–H and O–H groups in total. The predicted molar refractivity (Wildman–Crippen MR) is 121 cm³/mol. The third-order valence-corrected chi connectivity index (χ3v) is 6.72. The topological polar surface area (TPSA) is 71.5 Å². The summed E-state index contributed by atoms with van der Waals surface area (Å²) in [4.78, 5) is 33.0. The van der Waals surface area contributed by atoms with Gasteiger partial charge in [0.05, 0.1) is 18.4 Å². The normalized spacial score (nSPS) is 15.2. The number of hydrogen-bond acceptors (Lipinski definition) is 6. The number of carbonyl (C=O) groups excluding carboxylic acids is 2. The highest BCUT2D eigenvalue weighted by Crippen LogP contribution is 2.27. The smallest absolute Gasteiger partial charge is 0.226 e. The van der Waals surface area contributed by atoms with Crippen LogP contribution in [0.15, 0.2) is 18.2 Å². The first-order chi connectivity index (χ1) is 14.4. The second-order valence-electron chi connectivity index (χ2n) is 7.80. The van der Waals surface area contributed by atoms with Gasteiger partial charge in [0.15, 0.2) is 10.9 Å². The molecule has 1 aliphatic heterocycles. The van der Waals surface area contributed by atoms with Gasteiger partial charge in [-0.25, -0.2) is 4.98 Å². The van der Waals surface area contributed by atoms with Crippen molar-refractivity contribution in [3.63, 3.8) is 0 Å². The molecule has 2 aromatic rings. The number of piperidine rings is 1. The summed E-state index contributed by atoms with van der Waals surface area (Å²) < 4.78 is 5.22. The first-order valence-electron chi connectivity index (χ1n) is 10.2. The summed E-state index contributed by atoms with van der Waals surface area (Å²) >= 11 is 7.50. The van der Waals surface area contributed by atoms with E-state index in [-0.39, 0.29) is 24.5 Å². The molecule has 0 saturated carbocycles. The second kappa shape index (κ2) is 10.4. The fourth-order valence-corrected chi connectivity index (χ4v) is 4.69. The molecular formula is C22H28ClN3O3S. The standard InChI is InChI=1S/C22H28ClN3O3S/c1-14-8-10-26(11-9-14)13-20-15(2)24-22(30-20)25-21(28)7-5-18(27)17-12-16(23)4-6-19(17)29-3/h4,6,12,14H,5,7-11,13H2,1-3H3,(H,24,25,28). The van der Waals surface area contributed by atoms with Crippen molar-refractivity contribution in [1.29, 1.82) is 0 Å². The van der Waals surface area contributed by atoms with Gasteiger partial charge in [-0.15, -0.1) is 11.3 Å². The number of halogens is 1. The van der Waals surface area contributed by atoms with Crippen LogP contribution in [0.5, 0.6) is 5.75 Å². The lowest BCUT2D eigenvalue weighted by molar-refractivity contribution is -0.116. The molecule has 30 heavy (non-hydrogen) atoms. The van der Waals surface area contributed by atoms with Crippen LogP contribution in [0.1, 0.15) is 53.5 Å². The number of nitrogens with one attached hydrogen (secondary N) is 1. The Morgan fingerprint density at radius 2 is 2.03 bits per heavy atom. The minimum Gasteiger partial charge on any atom is -0.496 e. The second-order valence-corrected chi connectivity index (χ2v) is 9.32. The van der Waals surface area contributed by atoms with Gasteiger partial charge in [0, 0.05) is 29.3 Å². The van der Waals surface area contributed by atoms with Gasteiger partial charge >= 0.3 is 0 Å². The van der Waals surface area contributed by atoms with E-state index in [1.54, 1.807) is 18.2 Å². The van der Waals surface area contributed by atoms with Crippen LogP contribution in [0.25, 0.3) is 0 Å². The van der Waals surface area contributed by atoms with Crippen LogP contribution in [0, 0.1) is 12.8 Å². The molecular weight excluding hydrogens is 422 g/mol. The molecule has 0 radical (unpaired) electrons. The molecule has 0 aliphatic carbocycles. The molecule has 0 unspecified atom stereocenters. The van der Waals surface area contributed by atoms with Crippen molar-refractivity contribution < 1.29 is 14.3 Å². The maximum Gasteiger partial charge on any atom is 0.226 e. The maximum atomic E-state index is 12.5. The van der Waals surface area contributed by atoms with E-state index in [4.69, 9.17) is 16.3 Å². The monoisotopic (exact) mass is 449 g/mol. The number of likely N-dealkylation sites (tertiary alicyclic amines) is 1. The van der Waals surface area contributed by atoms with Crippen LogP contribution in [0.2, 0.25) is 5.02 Å². The molecule has 0 bridgehead atoms. The molecule has 1 aliphatic rings. The average molecular weight is 450 g/mol. The zero-order chi connectivity index (χ0) is 21.7. The lowest BCUT2D eigenvalue weighted by Gasteiger charge is -2.29. The van der Waals surface area contributed by atoms with E-state index < -0.39 is 0 Å². The molecule has 6 nitrogen and oxygen atoms in total. The molecule has 1 aromatic heterocycles. The van der Waals surface area contributed by atoms with E-state index in [1.807, 2.05) is 6.92 Å². The van der Waals surface area contributed by atoms with Crippen molar-refractivity contribution in [3.05, 3.63) is 39.4 Å². The van der Waals surface area contributed by atoms with E-state index >= 15 is 0 Å². The lowest BCUT2D eigenvalue weighted by Crippen LogP contribution is -2.32. The Hall–Kier alpha value is -1.96. The molecule has 1 amide bonds. The number of nitrogens with zero attached hydrogens (tertiary/aromatic N) is 2. The van der Waals surface area contributed by atoms with E-state index in [9.17, 15) is 9.59 Å². The number of ketones is 1. The van der Waals surface area contributed by atoms with Gasteiger partial charge in [-0.05, 0) is 57.0 Å². The highest BCUT2D eigenvalue weighted by atomic mass is 35.5. The number of Topliss-reactive ketones (excluding diaryl/α,β-unsaturated/α-hetero) is 1. The van der Waals surface area contributed by atoms with Gasteiger partial charge in [0.25, 0.3) is 0 Å². The van der Waals surface area contributed by atoms with Crippen LogP contribution in [-0.2, 0) is 11.3 Å². The number of rotatable bonds is 8. The first-order valence-corrected chi connectivity index (χ1v) is 11.4. The van der Waals surface area contributed by atoms with Gasteiger partial charge < -0.3 is 10.1 Å². The quantitative estimate of drug-likeness (QED) is 0.577. The number of anilines is 1. The van der Waals surface area contributed by atoms with Crippen LogP contribution in [0.4, 0.5) is 5.13 Å². The van der Waals surface area contributed by atoms with Crippen LogP contribution >= 0.6 is 22.9 Å². The molecule has 0 atom stereocenters. The average Bonchev–Trinajstić information content (AvgIpc) is 3.06. The maximum absolute atomic E-state index is 12.5. The number of ether oxygens (including phenoxy) is 1. The molecule has 1 aromatic carbocycles. The summed E-state index contributed by atoms with van der Waals surface area (Å²) in [5, 5.41) is 3.88. The number of methoxy groups -OCH3 is 1. The van der Waals surface area contributed by atoms with E-state index in [0.717, 1.165) is 31.2 Å². The van der Waals surface area contributed by atoms with Crippen molar-refractivity contribution in [2.24, 2.45) is 5.92 Å². The van der Waals surface area contributed by atoms with E-state index in [2.05, 4.69) is 22.1 Å². The molecule has 162 valence electrons. The van der Waals surface area contributed by atoms with Crippen molar-refractivity contribution in [2.45, 2.75) is 46.1 Å². The largest absolute Gasteiger partial charge is 0.496 e. The molecule has 8 heteroatoms. The fourth-order valence-electron chi connectivity index (χ4n) is 3.49. The molecule has 0 spiro atoms. The van der Waals surface area contributed by atoms with Crippen molar-refractivity contribution >= 4 is 39.8 Å². The Labute approximate surface area is 186 Å². The first kappa shape index (κ1) is 22.7. The van der Waals surface area contributed by atoms with Gasteiger partial charge in [-0.1, -0.05) is 18.5 Å². The zero-order valence-corrected chi connectivity index (χ0v) is 19.2. The zero-order valence-electron chi connectivity index (χ0n) is 17.7. The summed E-state index contributed by atoms with van der Waals surface area (Å²) in [6.07, 6.45) is 2.61. The summed E-state index contributed by atoms with van der Waals surface area (Å²) in [5.74, 6) is 0.849. The van der Waals surface area contributed by atoms with E-state index in [1.165, 1.54) is 36.2 Å². The Bertz CT molecular complexity index is 907. The SMILES string of the molecule is COc1ccc(Cl)cc1C(=O)CCC(=O)Nc1nc(C)c(CN2CCC(C)CC2)s1. The number of thiazole rings is 1. The molecule has 3 rings (SSSR count). The molecule has 1 saturated heterocycles. The highest BCUT2D eigenvalue weighted by molar-refractivity contribution is 7.15. The minimum absolute atomic E-state index is 0.0751. The number of hydrogen-bond donors (Lipinski definition) is 1. The summed E-state index contributed by atoms with van der Waals surface area (Å²) in [5.41, 5.74) is 1.34. The minimum atomic E-state index is -0.226. The molecule has 2 heterocycles. The van der Waals surface area contributed by atoms with Gasteiger partial charge in [-0.2, -0.15) is 0 Å². The van der Waals surface area contributed by atoms with Crippen LogP contribution in [-0.4, -0.2) is 41.8 Å². The number of benzene rings is 1. The Morgan fingerprint density at radius 3 is 2.73 bits per heavy atom. The fraction of sp³-hybridized carbons (Fsp3) is 0.500. The Kier molecular flexibility index (Phi) is 7.86. The summed E-state index contributed by atoms with van der Waals surface area (Å²) in [6, 6.07) is 4.88. The Morgan fingerprint density at radius 1 is 1.30 bits per heavy atom. The predicted octanol–water partition coefficient (Wildman–Crippen LogP) is 4.95. The summed E-state index contributed by atoms with van der Waals surface area (Å²) in [6.45, 7) is 7.36. The van der Waals surface area contributed by atoms with Gasteiger partial charge in [-0.3, -0.25) is 14.5 Å². The van der Waals surface area contributed by atoms with E-state index in [0.29, 0.717) is 21.5 Å². The molecule has 1 fully saturated rings. The third kappa shape index (κ3) is 6.03. The number of aryl methyl sites for hydroxylation is 1. The Balaban J connectivity index is 1.53. The lowest BCUT2D eigenvalue weighted by atomic mass is 9.99. The third-order valence-electron chi connectivity index (χ3n) is 5.42.